The van der Waals surface area contributed by atoms with Crippen LogP contribution in [0.25, 0.3) is 0 Å². The Morgan fingerprint density at radius 2 is 1.89 bits per heavy atom. The molecule has 4 heteroatoms. The molecule has 144 valence electrons. The van der Waals surface area contributed by atoms with Crippen LogP contribution in [0.15, 0.2) is 36.4 Å². The summed E-state index contributed by atoms with van der Waals surface area (Å²) in [6.07, 6.45) is 5.68. The molecule has 4 nitrogen and oxygen atoms in total. The molecule has 3 unspecified atom stereocenters. The Morgan fingerprint density at radius 3 is 2.56 bits per heavy atom. The average molecular weight is 366 g/mol. The van der Waals surface area contributed by atoms with Crippen molar-refractivity contribution in [3.63, 3.8) is 0 Å². The molecule has 2 saturated carbocycles. The van der Waals surface area contributed by atoms with Crippen molar-refractivity contribution in [3.8, 4) is 0 Å². The molecule has 1 aromatic carbocycles. The molecule has 1 aromatic heterocycles. The second-order valence-corrected chi connectivity index (χ2v) is 8.57. The molecule has 0 aliphatic heterocycles. The Kier molecular flexibility index (Phi) is 5.07. The number of carbonyl (C=O) groups excluding carboxylic acids is 1. The van der Waals surface area contributed by atoms with Crippen LogP contribution in [-0.2, 0) is 4.79 Å². The van der Waals surface area contributed by atoms with Crippen molar-refractivity contribution in [1.82, 2.24) is 15.1 Å². The lowest BCUT2D eigenvalue weighted by Crippen LogP contribution is -2.59. The highest BCUT2D eigenvalue weighted by atomic mass is 16.1. The number of hydrogen-bond acceptors (Lipinski definition) is 2. The lowest BCUT2D eigenvalue weighted by Gasteiger charge is -2.55. The van der Waals surface area contributed by atoms with Crippen LogP contribution in [0.5, 0.6) is 0 Å². The molecule has 2 fully saturated rings. The zero-order valence-electron chi connectivity index (χ0n) is 16.7. The highest BCUT2D eigenvalue weighted by Crippen LogP contribution is 2.54. The highest BCUT2D eigenvalue weighted by Gasteiger charge is 2.51. The fraction of sp³-hybridized carbons (Fsp3) is 0.565. The van der Waals surface area contributed by atoms with E-state index in [1.54, 1.807) is 0 Å². The molecule has 1 heterocycles. The van der Waals surface area contributed by atoms with E-state index < -0.39 is 0 Å². The number of hydrogen-bond donors (Lipinski definition) is 1. The zero-order valence-corrected chi connectivity index (χ0v) is 16.7. The largest absolute Gasteiger partial charge is 0.352 e. The van der Waals surface area contributed by atoms with Gasteiger partial charge in [-0.25, -0.2) is 0 Å². The topological polar surface area (TPSA) is 46.9 Å². The molecule has 2 aliphatic rings. The van der Waals surface area contributed by atoms with E-state index in [1.807, 2.05) is 11.6 Å². The first-order valence-electron chi connectivity index (χ1n) is 10.4. The smallest absolute Gasteiger partial charge is 0.222 e. The van der Waals surface area contributed by atoms with Gasteiger partial charge in [0.2, 0.25) is 5.91 Å². The van der Waals surface area contributed by atoms with Gasteiger partial charge in [-0.1, -0.05) is 43.2 Å². The molecule has 2 aromatic rings. The van der Waals surface area contributed by atoms with Crippen molar-refractivity contribution in [2.75, 3.05) is 0 Å². The van der Waals surface area contributed by atoms with Gasteiger partial charge in [0.15, 0.2) is 0 Å². The zero-order chi connectivity index (χ0) is 19.0. The van der Waals surface area contributed by atoms with Gasteiger partial charge in [0, 0.05) is 24.1 Å². The van der Waals surface area contributed by atoms with Gasteiger partial charge in [-0.3, -0.25) is 9.48 Å². The summed E-state index contributed by atoms with van der Waals surface area (Å²) in [5, 5.41) is 7.95. The van der Waals surface area contributed by atoms with Crippen LogP contribution in [0.1, 0.15) is 67.9 Å². The van der Waals surface area contributed by atoms with Gasteiger partial charge in [-0.2, -0.15) is 5.10 Å². The molecular weight excluding hydrogens is 334 g/mol. The van der Waals surface area contributed by atoms with Crippen molar-refractivity contribution in [2.24, 2.45) is 11.8 Å². The van der Waals surface area contributed by atoms with Crippen molar-refractivity contribution < 1.29 is 4.79 Å². The van der Waals surface area contributed by atoms with Crippen LogP contribution in [-0.4, -0.2) is 21.7 Å². The molecule has 5 atom stereocenters. The maximum Gasteiger partial charge on any atom is 0.222 e. The lowest BCUT2D eigenvalue weighted by atomic mass is 9.53. The molecule has 0 radical (unpaired) electrons. The first kappa shape index (κ1) is 18.3. The summed E-state index contributed by atoms with van der Waals surface area (Å²) in [5.41, 5.74) is 3.51. The van der Waals surface area contributed by atoms with Crippen LogP contribution in [0.3, 0.4) is 0 Å². The molecular formula is C23H31N3O. The van der Waals surface area contributed by atoms with E-state index in [-0.39, 0.29) is 18.0 Å². The minimum absolute atomic E-state index is 0.0797. The molecule has 2 aliphatic carbocycles. The Hall–Kier alpha value is -2.10. The summed E-state index contributed by atoms with van der Waals surface area (Å²) < 4.78 is 1.98. The Balaban J connectivity index is 1.45. The SMILES string of the molecule is Cc1cc(C)n(C(C)CC(=O)N[C@H]2C3CCCCC3[C@@H]2c2ccccc2)n1. The predicted molar refractivity (Wildman–Crippen MR) is 108 cm³/mol. The molecule has 0 saturated heterocycles. The molecule has 27 heavy (non-hydrogen) atoms. The maximum atomic E-state index is 12.8. The monoisotopic (exact) mass is 365 g/mol. The summed E-state index contributed by atoms with van der Waals surface area (Å²) in [6.45, 7) is 6.13. The average Bonchev–Trinajstić information content (AvgIpc) is 2.99. The van der Waals surface area contributed by atoms with E-state index in [1.165, 1.54) is 31.2 Å². The van der Waals surface area contributed by atoms with E-state index in [2.05, 4.69) is 60.7 Å². The number of fused-ring (bicyclic) bond motifs is 1. The molecule has 1 amide bonds. The Labute approximate surface area is 162 Å². The molecule has 0 spiro atoms. The molecule has 4 rings (SSSR count). The number of benzene rings is 1. The third-order valence-electron chi connectivity index (χ3n) is 6.64. The summed E-state index contributed by atoms with van der Waals surface area (Å²) in [5.74, 6) is 2.02. The normalized spacial score (nSPS) is 28.1. The predicted octanol–water partition coefficient (Wildman–Crippen LogP) is 4.54. The summed E-state index contributed by atoms with van der Waals surface area (Å²) in [7, 11) is 0. The number of nitrogens with one attached hydrogen (secondary N) is 1. The minimum atomic E-state index is 0.0797. The summed E-state index contributed by atoms with van der Waals surface area (Å²) in [6, 6.07) is 13.2. The Morgan fingerprint density at radius 1 is 1.19 bits per heavy atom. The quantitative estimate of drug-likeness (QED) is 0.845. The van der Waals surface area contributed by atoms with Gasteiger partial charge in [0.1, 0.15) is 0 Å². The molecule has 1 N–H and O–H groups in total. The number of aryl methyl sites for hydroxylation is 2. The van der Waals surface area contributed by atoms with Gasteiger partial charge in [-0.15, -0.1) is 0 Å². The van der Waals surface area contributed by atoms with Crippen molar-refractivity contribution in [1.29, 1.82) is 0 Å². The van der Waals surface area contributed by atoms with E-state index in [0.717, 1.165) is 17.3 Å². The minimum Gasteiger partial charge on any atom is -0.352 e. The standard InChI is InChI=1S/C23H31N3O/c1-15-13-16(2)26(25-15)17(3)14-21(27)24-23-20-12-8-7-11-19(20)22(23)18-9-5-4-6-10-18/h4-6,9-10,13,17,19-20,22-23H,7-8,11-12,14H2,1-3H3,(H,24,27)/t17?,19?,20?,22-,23-/m0/s1. The van der Waals surface area contributed by atoms with Gasteiger partial charge in [-0.05, 0) is 57.1 Å². The van der Waals surface area contributed by atoms with Crippen LogP contribution in [0.2, 0.25) is 0 Å². The summed E-state index contributed by atoms with van der Waals surface area (Å²) in [4.78, 5) is 12.8. The fourth-order valence-corrected chi connectivity index (χ4v) is 5.49. The third kappa shape index (κ3) is 3.54. The number of aromatic nitrogens is 2. The highest BCUT2D eigenvalue weighted by molar-refractivity contribution is 5.77. The van der Waals surface area contributed by atoms with Crippen LogP contribution in [0, 0.1) is 25.7 Å². The van der Waals surface area contributed by atoms with Gasteiger partial charge >= 0.3 is 0 Å². The molecule has 0 bridgehead atoms. The second-order valence-electron chi connectivity index (χ2n) is 8.57. The van der Waals surface area contributed by atoms with Crippen LogP contribution in [0.4, 0.5) is 0 Å². The van der Waals surface area contributed by atoms with Crippen molar-refractivity contribution in [2.45, 2.75) is 70.9 Å². The van der Waals surface area contributed by atoms with Crippen molar-refractivity contribution >= 4 is 5.91 Å². The van der Waals surface area contributed by atoms with Crippen LogP contribution >= 0.6 is 0 Å². The van der Waals surface area contributed by atoms with Gasteiger partial charge < -0.3 is 5.32 Å². The van der Waals surface area contributed by atoms with Gasteiger partial charge in [0.25, 0.3) is 0 Å². The van der Waals surface area contributed by atoms with Crippen LogP contribution < -0.4 is 5.32 Å². The number of carbonyl (C=O) groups is 1. The number of rotatable bonds is 5. The third-order valence-corrected chi connectivity index (χ3v) is 6.64. The first-order valence-corrected chi connectivity index (χ1v) is 10.4. The number of amides is 1. The van der Waals surface area contributed by atoms with Crippen molar-refractivity contribution in [3.05, 3.63) is 53.3 Å². The maximum absolute atomic E-state index is 12.8. The van der Waals surface area contributed by atoms with E-state index >= 15 is 0 Å². The van der Waals surface area contributed by atoms with E-state index in [0.29, 0.717) is 18.3 Å². The lowest BCUT2D eigenvalue weighted by molar-refractivity contribution is -0.125. The first-order chi connectivity index (χ1) is 13.0. The van der Waals surface area contributed by atoms with E-state index in [9.17, 15) is 4.79 Å². The Bertz CT molecular complexity index is 797. The number of nitrogens with zero attached hydrogens (tertiary/aromatic N) is 2. The second kappa shape index (κ2) is 7.49. The van der Waals surface area contributed by atoms with Gasteiger partial charge in [0.05, 0.1) is 11.7 Å². The summed E-state index contributed by atoms with van der Waals surface area (Å²) >= 11 is 0. The van der Waals surface area contributed by atoms with E-state index in [4.69, 9.17) is 0 Å². The fourth-order valence-electron chi connectivity index (χ4n) is 5.49.